The second kappa shape index (κ2) is 4.36. The van der Waals surface area contributed by atoms with Crippen molar-refractivity contribution < 1.29 is 0 Å². The predicted molar refractivity (Wildman–Crippen MR) is 75.9 cm³/mol. The summed E-state index contributed by atoms with van der Waals surface area (Å²) in [6.45, 7) is 0. The van der Waals surface area contributed by atoms with Crippen molar-refractivity contribution in [1.82, 2.24) is 0 Å². The van der Waals surface area contributed by atoms with Gasteiger partial charge in [-0.1, -0.05) is 34.8 Å². The highest BCUT2D eigenvalue weighted by Gasteiger charge is 2.25. The lowest BCUT2D eigenvalue weighted by Gasteiger charge is -2.07. The number of thiophene rings is 1. The van der Waals surface area contributed by atoms with Crippen LogP contribution in [-0.2, 0) is 6.42 Å². The average Bonchev–Trinajstić information content (AvgIpc) is 2.83. The second-order valence-electron chi connectivity index (χ2n) is 3.96. The number of benzene rings is 1. The Morgan fingerprint density at radius 3 is 2.71 bits per heavy atom. The van der Waals surface area contributed by atoms with Crippen LogP contribution in [0.25, 0.3) is 0 Å². The molecule has 1 atom stereocenters. The second-order valence-corrected chi connectivity index (χ2v) is 6.55. The van der Waals surface area contributed by atoms with Gasteiger partial charge in [0.15, 0.2) is 0 Å². The molecule has 0 radical (unpaired) electrons. The molecule has 2 heterocycles. The highest BCUT2D eigenvalue weighted by Crippen LogP contribution is 2.42. The number of nitrogens with one attached hydrogen (secondary N) is 1. The van der Waals surface area contributed by atoms with Gasteiger partial charge >= 0.3 is 0 Å². The summed E-state index contributed by atoms with van der Waals surface area (Å²) in [6, 6.07) is 7.91. The van der Waals surface area contributed by atoms with Crippen molar-refractivity contribution >= 4 is 51.8 Å². The number of anilines is 1. The van der Waals surface area contributed by atoms with E-state index in [0.717, 1.165) is 27.0 Å². The third-order valence-electron chi connectivity index (χ3n) is 2.84. The normalized spacial score (nSPS) is 17.9. The van der Waals surface area contributed by atoms with E-state index in [4.69, 9.17) is 34.8 Å². The van der Waals surface area contributed by atoms with Crippen molar-refractivity contribution in [3.8, 4) is 0 Å². The van der Waals surface area contributed by atoms with E-state index in [0.29, 0.717) is 5.02 Å². The Morgan fingerprint density at radius 1 is 1.18 bits per heavy atom. The Morgan fingerprint density at radius 2 is 2.00 bits per heavy atom. The molecular formula is C12H8Cl3NS. The molecule has 0 aliphatic carbocycles. The number of rotatable bonds is 1. The fraction of sp³-hybridized carbons (Fsp3) is 0.167. The van der Waals surface area contributed by atoms with E-state index in [-0.39, 0.29) is 6.04 Å². The third kappa shape index (κ3) is 2.15. The summed E-state index contributed by atoms with van der Waals surface area (Å²) in [5.41, 5.74) is 2.16. The molecule has 0 saturated heterocycles. The molecule has 1 unspecified atom stereocenters. The molecule has 0 spiro atoms. The standard InChI is InChI=1S/C12H8Cl3NS/c13-6-3-8(14)7-5-10(16-9(7)4-6)11-1-2-12(15)17-11/h1-4,10,16H,5H2. The first-order chi connectivity index (χ1) is 8.13. The summed E-state index contributed by atoms with van der Waals surface area (Å²) in [4.78, 5) is 1.22. The summed E-state index contributed by atoms with van der Waals surface area (Å²) in [5.74, 6) is 0. The van der Waals surface area contributed by atoms with Crippen LogP contribution in [0.1, 0.15) is 16.5 Å². The molecule has 1 aliphatic rings. The van der Waals surface area contributed by atoms with Crippen LogP contribution in [-0.4, -0.2) is 0 Å². The van der Waals surface area contributed by atoms with E-state index >= 15 is 0 Å². The van der Waals surface area contributed by atoms with E-state index < -0.39 is 0 Å². The Bertz CT molecular complexity index is 579. The first-order valence-electron chi connectivity index (χ1n) is 5.13. The van der Waals surface area contributed by atoms with Gasteiger partial charge in [-0.05, 0) is 29.8 Å². The van der Waals surface area contributed by atoms with Gasteiger partial charge in [0.2, 0.25) is 0 Å². The minimum Gasteiger partial charge on any atom is -0.377 e. The summed E-state index contributed by atoms with van der Waals surface area (Å²) in [7, 11) is 0. The molecule has 0 amide bonds. The van der Waals surface area contributed by atoms with Gasteiger partial charge in [-0.3, -0.25) is 0 Å². The van der Waals surface area contributed by atoms with Gasteiger partial charge in [0.25, 0.3) is 0 Å². The zero-order valence-corrected chi connectivity index (χ0v) is 11.7. The fourth-order valence-electron chi connectivity index (χ4n) is 2.07. The zero-order valence-electron chi connectivity index (χ0n) is 8.64. The molecule has 2 aromatic rings. The molecular weight excluding hydrogens is 297 g/mol. The molecule has 1 N–H and O–H groups in total. The minimum atomic E-state index is 0.249. The van der Waals surface area contributed by atoms with E-state index in [1.54, 1.807) is 17.4 Å². The largest absolute Gasteiger partial charge is 0.377 e. The number of hydrogen-bond donors (Lipinski definition) is 1. The van der Waals surface area contributed by atoms with E-state index in [1.165, 1.54) is 4.88 Å². The van der Waals surface area contributed by atoms with Crippen molar-refractivity contribution in [2.75, 3.05) is 5.32 Å². The summed E-state index contributed by atoms with van der Waals surface area (Å²) in [6.07, 6.45) is 0.877. The van der Waals surface area contributed by atoms with Crippen LogP contribution >= 0.6 is 46.1 Å². The molecule has 5 heteroatoms. The van der Waals surface area contributed by atoms with Crippen LogP contribution < -0.4 is 5.32 Å². The Balaban J connectivity index is 1.95. The number of hydrogen-bond acceptors (Lipinski definition) is 2. The quantitative estimate of drug-likeness (QED) is 0.742. The van der Waals surface area contributed by atoms with Gasteiger partial charge in [-0.25, -0.2) is 0 Å². The third-order valence-corrected chi connectivity index (χ3v) is 4.74. The van der Waals surface area contributed by atoms with Gasteiger partial charge in [0.1, 0.15) is 0 Å². The van der Waals surface area contributed by atoms with Crippen LogP contribution in [0.2, 0.25) is 14.4 Å². The first kappa shape index (κ1) is 11.7. The van der Waals surface area contributed by atoms with E-state index in [1.807, 2.05) is 18.2 Å². The topological polar surface area (TPSA) is 12.0 Å². The Hall–Kier alpha value is -0.410. The van der Waals surface area contributed by atoms with Crippen LogP contribution in [0.3, 0.4) is 0 Å². The van der Waals surface area contributed by atoms with Crippen molar-refractivity contribution in [3.05, 3.63) is 49.1 Å². The molecule has 1 aromatic heterocycles. The van der Waals surface area contributed by atoms with Crippen molar-refractivity contribution in [2.45, 2.75) is 12.5 Å². The Kier molecular flexibility index (Phi) is 2.99. The summed E-state index contributed by atoms with van der Waals surface area (Å²) >= 11 is 19.7. The van der Waals surface area contributed by atoms with E-state index in [2.05, 4.69) is 5.32 Å². The molecule has 88 valence electrons. The van der Waals surface area contributed by atoms with E-state index in [9.17, 15) is 0 Å². The molecule has 0 bridgehead atoms. The van der Waals surface area contributed by atoms with Crippen LogP contribution in [0.4, 0.5) is 5.69 Å². The molecule has 1 nitrogen and oxygen atoms in total. The first-order valence-corrected chi connectivity index (χ1v) is 7.08. The highest BCUT2D eigenvalue weighted by atomic mass is 35.5. The smallest absolute Gasteiger partial charge is 0.0932 e. The van der Waals surface area contributed by atoms with Gasteiger partial charge < -0.3 is 5.32 Å². The predicted octanol–water partition coefficient (Wildman–Crippen LogP) is 5.42. The van der Waals surface area contributed by atoms with Crippen molar-refractivity contribution in [1.29, 1.82) is 0 Å². The fourth-order valence-corrected chi connectivity index (χ4v) is 3.75. The van der Waals surface area contributed by atoms with Crippen molar-refractivity contribution in [2.24, 2.45) is 0 Å². The van der Waals surface area contributed by atoms with Gasteiger partial charge in [-0.15, -0.1) is 11.3 Å². The molecule has 17 heavy (non-hydrogen) atoms. The average molecular weight is 305 g/mol. The van der Waals surface area contributed by atoms with Crippen LogP contribution in [0, 0.1) is 0 Å². The zero-order chi connectivity index (χ0) is 12.0. The minimum absolute atomic E-state index is 0.249. The maximum Gasteiger partial charge on any atom is 0.0932 e. The molecule has 1 aromatic carbocycles. The monoisotopic (exact) mass is 303 g/mol. The van der Waals surface area contributed by atoms with Gasteiger partial charge in [-0.2, -0.15) is 0 Å². The maximum atomic E-state index is 6.19. The lowest BCUT2D eigenvalue weighted by molar-refractivity contribution is 0.843. The lowest BCUT2D eigenvalue weighted by Crippen LogP contribution is -2.02. The summed E-state index contributed by atoms with van der Waals surface area (Å²) < 4.78 is 0.807. The molecule has 0 fully saturated rings. The maximum absolute atomic E-state index is 6.19. The Labute approximate surface area is 118 Å². The molecule has 1 aliphatic heterocycles. The van der Waals surface area contributed by atoms with Gasteiger partial charge in [0, 0.05) is 27.0 Å². The SMILES string of the molecule is Clc1cc(Cl)c2c(c1)NC(c1ccc(Cl)s1)C2. The molecule has 0 saturated carbocycles. The number of fused-ring (bicyclic) bond motifs is 1. The molecule has 3 rings (SSSR count). The van der Waals surface area contributed by atoms with Crippen molar-refractivity contribution in [3.63, 3.8) is 0 Å². The van der Waals surface area contributed by atoms with Crippen LogP contribution in [0.15, 0.2) is 24.3 Å². The highest BCUT2D eigenvalue weighted by molar-refractivity contribution is 7.16. The van der Waals surface area contributed by atoms with Crippen LogP contribution in [0.5, 0.6) is 0 Å². The number of halogens is 3. The van der Waals surface area contributed by atoms with Gasteiger partial charge in [0.05, 0.1) is 10.4 Å². The summed E-state index contributed by atoms with van der Waals surface area (Å²) in [5, 5.41) is 4.81. The lowest BCUT2D eigenvalue weighted by atomic mass is 10.1.